The van der Waals surface area contributed by atoms with E-state index in [4.69, 9.17) is 4.98 Å². The van der Waals surface area contributed by atoms with Crippen molar-refractivity contribution >= 4 is 53.9 Å². The molecule has 0 N–H and O–H groups in total. The molecule has 9 aromatic rings. The highest BCUT2D eigenvalue weighted by molar-refractivity contribution is 7.22. The molecule has 1 aliphatic carbocycles. The molecule has 48 heavy (non-hydrogen) atoms. The molecule has 0 amide bonds. The third-order valence-electron chi connectivity index (χ3n) is 10.4. The van der Waals surface area contributed by atoms with Gasteiger partial charge in [0, 0.05) is 16.4 Å². The number of aromatic nitrogens is 1. The number of rotatable bonds is 3. The molecule has 0 bridgehead atoms. The molecule has 2 heteroatoms. The van der Waals surface area contributed by atoms with Crippen molar-refractivity contribution in [3.05, 3.63) is 163 Å². The zero-order valence-electron chi connectivity index (χ0n) is 26.8. The molecule has 10 rings (SSSR count). The first-order chi connectivity index (χ1) is 23.5. The Morgan fingerprint density at radius 3 is 1.98 bits per heavy atom. The highest BCUT2D eigenvalue weighted by Gasteiger charge is 2.37. The first kappa shape index (κ1) is 27.5. The molecule has 0 fully saturated rings. The van der Waals surface area contributed by atoms with Gasteiger partial charge in [0.2, 0.25) is 0 Å². The van der Waals surface area contributed by atoms with Crippen molar-refractivity contribution in [3.8, 4) is 44.0 Å². The first-order valence-corrected chi connectivity index (χ1v) is 17.4. The van der Waals surface area contributed by atoms with Crippen molar-refractivity contribution in [1.29, 1.82) is 0 Å². The topological polar surface area (TPSA) is 12.9 Å². The largest absolute Gasteiger partial charge is 0.236 e. The van der Waals surface area contributed by atoms with Gasteiger partial charge in [0.05, 0.1) is 10.2 Å². The van der Waals surface area contributed by atoms with Crippen LogP contribution in [-0.4, -0.2) is 4.98 Å². The maximum absolute atomic E-state index is 5.05. The monoisotopic (exact) mass is 629 g/mol. The van der Waals surface area contributed by atoms with Crippen LogP contribution in [0.2, 0.25) is 0 Å². The molecule has 0 saturated carbocycles. The fraction of sp³-hybridized carbons (Fsp3) is 0.0652. The fourth-order valence-corrected chi connectivity index (χ4v) is 9.20. The normalized spacial score (nSPS) is 13.4. The molecular weight excluding hydrogens is 599 g/mol. The number of fused-ring (bicyclic) bond motifs is 10. The van der Waals surface area contributed by atoms with Crippen LogP contribution in [0, 0.1) is 0 Å². The lowest BCUT2D eigenvalue weighted by molar-refractivity contribution is 0.666. The van der Waals surface area contributed by atoms with Crippen molar-refractivity contribution in [1.82, 2.24) is 4.98 Å². The molecule has 1 aromatic heterocycles. The van der Waals surface area contributed by atoms with Crippen molar-refractivity contribution in [2.75, 3.05) is 0 Å². The van der Waals surface area contributed by atoms with E-state index in [9.17, 15) is 0 Å². The van der Waals surface area contributed by atoms with Crippen LogP contribution in [0.4, 0.5) is 0 Å². The molecule has 1 nitrogen and oxygen atoms in total. The molecule has 8 aromatic carbocycles. The Bertz CT molecular complexity index is 2750. The Morgan fingerprint density at radius 2 is 1.10 bits per heavy atom. The summed E-state index contributed by atoms with van der Waals surface area (Å²) in [5.41, 5.74) is 12.6. The van der Waals surface area contributed by atoms with Crippen LogP contribution in [-0.2, 0) is 5.41 Å². The second kappa shape index (κ2) is 10.2. The van der Waals surface area contributed by atoms with Gasteiger partial charge in [-0.3, -0.25) is 0 Å². The summed E-state index contributed by atoms with van der Waals surface area (Å²) in [5, 5.41) is 8.78. The summed E-state index contributed by atoms with van der Waals surface area (Å²) < 4.78 is 1.25. The number of hydrogen-bond donors (Lipinski definition) is 0. The van der Waals surface area contributed by atoms with Gasteiger partial charge in [-0.15, -0.1) is 11.3 Å². The van der Waals surface area contributed by atoms with E-state index >= 15 is 0 Å². The summed E-state index contributed by atoms with van der Waals surface area (Å²) in [7, 11) is 0. The van der Waals surface area contributed by atoms with E-state index in [-0.39, 0.29) is 5.41 Å². The van der Waals surface area contributed by atoms with Gasteiger partial charge in [0.25, 0.3) is 0 Å². The standard InChI is InChI=1S/C46H31NS/c1-46(2)40-27-35(20-22-37(40)38-23-19-28-9-6-7-14-36(28)43(38)46)33-13-8-12-32(25-33)34-18-16-29-15-17-30-21-24-41-44(42(30)39(29)26-34)48-45(47-41)31-10-4-3-5-11-31/h3-27H,1-2H3. The van der Waals surface area contributed by atoms with Crippen LogP contribution >= 0.6 is 11.3 Å². The molecule has 226 valence electrons. The van der Waals surface area contributed by atoms with Gasteiger partial charge in [-0.25, -0.2) is 4.98 Å². The quantitative estimate of drug-likeness (QED) is 0.177. The average molecular weight is 630 g/mol. The van der Waals surface area contributed by atoms with Crippen molar-refractivity contribution in [3.63, 3.8) is 0 Å². The predicted octanol–water partition coefficient (Wildman–Crippen LogP) is 13.1. The van der Waals surface area contributed by atoms with Crippen LogP contribution in [0.15, 0.2) is 152 Å². The zero-order chi connectivity index (χ0) is 32.0. The highest BCUT2D eigenvalue weighted by Crippen LogP contribution is 2.52. The van der Waals surface area contributed by atoms with Crippen LogP contribution in [0.1, 0.15) is 25.0 Å². The smallest absolute Gasteiger partial charge is 0.124 e. The van der Waals surface area contributed by atoms with E-state index < -0.39 is 0 Å². The molecule has 0 saturated heterocycles. The Kier molecular flexibility index (Phi) is 5.86. The molecule has 0 aliphatic heterocycles. The van der Waals surface area contributed by atoms with Gasteiger partial charge >= 0.3 is 0 Å². The van der Waals surface area contributed by atoms with E-state index in [1.54, 1.807) is 11.3 Å². The molecule has 1 heterocycles. The van der Waals surface area contributed by atoms with Crippen LogP contribution in [0.5, 0.6) is 0 Å². The average Bonchev–Trinajstić information content (AvgIpc) is 3.68. The van der Waals surface area contributed by atoms with Gasteiger partial charge in [-0.2, -0.15) is 0 Å². The SMILES string of the molecule is CC1(C)c2cc(-c3cccc(-c4ccc5ccc6ccc7nc(-c8ccccc8)sc7c6c5c4)c3)ccc2-c2ccc3ccccc3c21. The summed E-state index contributed by atoms with van der Waals surface area (Å²) in [6.45, 7) is 4.76. The van der Waals surface area contributed by atoms with Gasteiger partial charge in [-0.05, 0) is 95.7 Å². The Balaban J connectivity index is 1.09. The molecule has 0 spiro atoms. The van der Waals surface area contributed by atoms with Crippen molar-refractivity contribution < 1.29 is 0 Å². The molecule has 1 aliphatic rings. The lowest BCUT2D eigenvalue weighted by Crippen LogP contribution is -2.15. The Morgan fingerprint density at radius 1 is 0.479 bits per heavy atom. The summed E-state index contributed by atoms with van der Waals surface area (Å²) in [5.74, 6) is 0. The van der Waals surface area contributed by atoms with Crippen LogP contribution < -0.4 is 0 Å². The summed E-state index contributed by atoms with van der Waals surface area (Å²) >= 11 is 1.79. The molecular formula is C46H31NS. The summed E-state index contributed by atoms with van der Waals surface area (Å²) in [6.07, 6.45) is 0. The highest BCUT2D eigenvalue weighted by atomic mass is 32.1. The van der Waals surface area contributed by atoms with Crippen LogP contribution in [0.25, 0.3) is 86.5 Å². The third-order valence-corrected chi connectivity index (χ3v) is 11.6. The first-order valence-electron chi connectivity index (χ1n) is 16.6. The summed E-state index contributed by atoms with van der Waals surface area (Å²) in [6, 6.07) is 55.8. The van der Waals surface area contributed by atoms with E-state index in [2.05, 4.69) is 166 Å². The Hall–Kier alpha value is -5.57. The Labute approximate surface area is 283 Å². The number of nitrogens with zero attached hydrogens (tertiary/aromatic N) is 1. The summed E-state index contributed by atoms with van der Waals surface area (Å²) in [4.78, 5) is 5.05. The number of thiazole rings is 1. The maximum atomic E-state index is 5.05. The van der Waals surface area contributed by atoms with Gasteiger partial charge in [0.15, 0.2) is 0 Å². The minimum Gasteiger partial charge on any atom is -0.236 e. The minimum absolute atomic E-state index is 0.0824. The van der Waals surface area contributed by atoms with E-state index in [0.29, 0.717) is 0 Å². The maximum Gasteiger partial charge on any atom is 0.124 e. The second-order valence-corrected chi connectivity index (χ2v) is 14.6. The number of benzene rings is 8. The molecule has 0 atom stereocenters. The second-order valence-electron chi connectivity index (χ2n) is 13.6. The van der Waals surface area contributed by atoms with E-state index in [0.717, 1.165) is 16.1 Å². The van der Waals surface area contributed by atoms with Crippen molar-refractivity contribution in [2.45, 2.75) is 19.3 Å². The zero-order valence-corrected chi connectivity index (χ0v) is 27.6. The van der Waals surface area contributed by atoms with E-state index in [1.807, 2.05) is 0 Å². The van der Waals surface area contributed by atoms with E-state index in [1.165, 1.54) is 81.5 Å². The number of hydrogen-bond acceptors (Lipinski definition) is 2. The van der Waals surface area contributed by atoms with Gasteiger partial charge < -0.3 is 0 Å². The fourth-order valence-electron chi connectivity index (χ4n) is 8.06. The molecule has 0 unspecified atom stereocenters. The third kappa shape index (κ3) is 4.06. The van der Waals surface area contributed by atoms with Gasteiger partial charge in [0.1, 0.15) is 5.01 Å². The predicted molar refractivity (Wildman–Crippen MR) is 206 cm³/mol. The van der Waals surface area contributed by atoms with Crippen molar-refractivity contribution in [2.24, 2.45) is 0 Å². The lowest BCUT2D eigenvalue weighted by atomic mass is 9.79. The van der Waals surface area contributed by atoms with Gasteiger partial charge in [-0.1, -0.05) is 141 Å². The van der Waals surface area contributed by atoms with Crippen LogP contribution in [0.3, 0.4) is 0 Å². The lowest BCUT2D eigenvalue weighted by Gasteiger charge is -2.23. The molecule has 0 radical (unpaired) electrons. The minimum atomic E-state index is -0.0824.